The fourth-order valence-electron chi connectivity index (χ4n) is 4.16. The minimum Gasteiger partial charge on any atom is -0.0885 e. The molecule has 2 aliphatic carbocycles. The lowest BCUT2D eigenvalue weighted by atomic mass is 9.89. The molecule has 0 heteroatoms. The van der Waals surface area contributed by atoms with Gasteiger partial charge in [0.15, 0.2) is 0 Å². The number of rotatable bonds is 11. The molecule has 0 saturated carbocycles. The molecule has 0 heterocycles. The second kappa shape index (κ2) is 12.0. The van der Waals surface area contributed by atoms with E-state index < -0.39 is 0 Å². The van der Waals surface area contributed by atoms with Gasteiger partial charge in [0, 0.05) is 0 Å². The molecule has 2 rings (SSSR count). The second-order valence-electron chi connectivity index (χ2n) is 7.71. The van der Waals surface area contributed by atoms with Gasteiger partial charge in [-0.3, -0.25) is 0 Å². The molecule has 0 aromatic carbocycles. The van der Waals surface area contributed by atoms with Crippen LogP contribution >= 0.6 is 0 Å². The van der Waals surface area contributed by atoms with Gasteiger partial charge in [0.2, 0.25) is 0 Å². The Labute approximate surface area is 139 Å². The van der Waals surface area contributed by atoms with Crippen LogP contribution in [-0.2, 0) is 0 Å². The molecular weight excluding hydrogens is 264 g/mol. The summed E-state index contributed by atoms with van der Waals surface area (Å²) in [6.07, 6.45) is 32.6. The molecule has 0 aromatic rings. The number of unbranched alkanes of at least 4 members (excludes halogenated alkanes) is 7. The lowest BCUT2D eigenvalue weighted by Crippen LogP contribution is -2.02. The first-order valence-electron chi connectivity index (χ1n) is 10.2. The molecule has 0 fully saturated rings. The Kier molecular flexibility index (Phi) is 9.70. The zero-order valence-electron chi connectivity index (χ0n) is 14.8. The molecule has 0 aliphatic heterocycles. The van der Waals surface area contributed by atoms with E-state index in [2.05, 4.69) is 24.3 Å². The minimum absolute atomic E-state index is 1.01. The van der Waals surface area contributed by atoms with Crippen molar-refractivity contribution in [1.82, 2.24) is 0 Å². The van der Waals surface area contributed by atoms with Crippen LogP contribution in [0.4, 0.5) is 0 Å². The molecule has 0 radical (unpaired) electrons. The van der Waals surface area contributed by atoms with Crippen molar-refractivity contribution in [3.05, 3.63) is 24.3 Å². The van der Waals surface area contributed by atoms with Gasteiger partial charge in [-0.05, 0) is 50.4 Å². The summed E-state index contributed by atoms with van der Waals surface area (Å²) in [7, 11) is 0. The maximum Gasteiger partial charge on any atom is -0.0322 e. The SMILES string of the molecule is C1=CCC(CCCCCCCCCCC2CC=CCC2)CC1. The first-order chi connectivity index (χ1) is 10.9. The second-order valence-corrected chi connectivity index (χ2v) is 7.71. The first kappa shape index (κ1) is 17.8. The fraction of sp³-hybridized carbons (Fsp3) is 0.818. The van der Waals surface area contributed by atoms with Gasteiger partial charge >= 0.3 is 0 Å². The van der Waals surface area contributed by atoms with E-state index in [9.17, 15) is 0 Å². The molecular formula is C22H38. The predicted octanol–water partition coefficient (Wildman–Crippen LogP) is 7.60. The summed E-state index contributed by atoms with van der Waals surface area (Å²) in [5, 5.41) is 0. The molecule has 0 aromatic heterocycles. The van der Waals surface area contributed by atoms with Crippen molar-refractivity contribution in [2.24, 2.45) is 11.8 Å². The predicted molar refractivity (Wildman–Crippen MR) is 99.1 cm³/mol. The summed E-state index contributed by atoms with van der Waals surface area (Å²) in [6.45, 7) is 0. The first-order valence-corrected chi connectivity index (χ1v) is 10.2. The summed E-state index contributed by atoms with van der Waals surface area (Å²) < 4.78 is 0. The van der Waals surface area contributed by atoms with E-state index >= 15 is 0 Å². The van der Waals surface area contributed by atoms with E-state index in [4.69, 9.17) is 0 Å². The van der Waals surface area contributed by atoms with Gasteiger partial charge in [-0.1, -0.05) is 88.5 Å². The van der Waals surface area contributed by atoms with E-state index in [-0.39, 0.29) is 0 Å². The van der Waals surface area contributed by atoms with Crippen molar-refractivity contribution in [3.8, 4) is 0 Å². The molecule has 0 nitrogen and oxygen atoms in total. The Balaban J connectivity index is 1.30. The van der Waals surface area contributed by atoms with Gasteiger partial charge in [0.25, 0.3) is 0 Å². The zero-order valence-corrected chi connectivity index (χ0v) is 14.8. The van der Waals surface area contributed by atoms with Crippen LogP contribution in [0.1, 0.15) is 103 Å². The van der Waals surface area contributed by atoms with E-state index in [0.29, 0.717) is 0 Å². The van der Waals surface area contributed by atoms with Crippen molar-refractivity contribution >= 4 is 0 Å². The highest BCUT2D eigenvalue weighted by molar-refractivity contribution is 4.90. The molecule has 2 aliphatic rings. The van der Waals surface area contributed by atoms with Gasteiger partial charge in [-0.15, -0.1) is 0 Å². The van der Waals surface area contributed by atoms with Gasteiger partial charge in [0.05, 0.1) is 0 Å². The van der Waals surface area contributed by atoms with E-state index in [0.717, 1.165) is 11.8 Å². The molecule has 22 heavy (non-hydrogen) atoms. The molecule has 0 saturated heterocycles. The summed E-state index contributed by atoms with van der Waals surface area (Å²) in [5.74, 6) is 2.03. The summed E-state index contributed by atoms with van der Waals surface area (Å²) in [6, 6.07) is 0. The average molecular weight is 303 g/mol. The maximum atomic E-state index is 2.40. The molecule has 0 N–H and O–H groups in total. The van der Waals surface area contributed by atoms with Crippen molar-refractivity contribution in [2.75, 3.05) is 0 Å². The van der Waals surface area contributed by atoms with Gasteiger partial charge < -0.3 is 0 Å². The molecule has 2 unspecified atom stereocenters. The van der Waals surface area contributed by atoms with Crippen LogP contribution in [0.15, 0.2) is 24.3 Å². The number of hydrogen-bond donors (Lipinski definition) is 0. The molecule has 0 amide bonds. The highest BCUT2D eigenvalue weighted by Crippen LogP contribution is 2.25. The molecule has 126 valence electrons. The Morgan fingerprint density at radius 3 is 1.27 bits per heavy atom. The fourth-order valence-corrected chi connectivity index (χ4v) is 4.16. The molecule has 2 atom stereocenters. The summed E-state index contributed by atoms with van der Waals surface area (Å²) in [5.41, 5.74) is 0. The van der Waals surface area contributed by atoms with Crippen molar-refractivity contribution < 1.29 is 0 Å². The monoisotopic (exact) mass is 302 g/mol. The van der Waals surface area contributed by atoms with Crippen LogP contribution in [0.25, 0.3) is 0 Å². The van der Waals surface area contributed by atoms with E-state index in [1.807, 2.05) is 0 Å². The zero-order chi connectivity index (χ0) is 15.3. The number of hydrogen-bond acceptors (Lipinski definition) is 0. The Morgan fingerprint density at radius 2 is 0.909 bits per heavy atom. The average Bonchev–Trinajstić information content (AvgIpc) is 2.58. The van der Waals surface area contributed by atoms with Crippen LogP contribution in [0.5, 0.6) is 0 Å². The minimum atomic E-state index is 1.01. The normalized spacial score (nSPS) is 24.7. The Morgan fingerprint density at radius 1 is 0.500 bits per heavy atom. The Hall–Kier alpha value is -0.520. The molecule has 0 bridgehead atoms. The third-order valence-corrected chi connectivity index (χ3v) is 5.73. The van der Waals surface area contributed by atoms with Crippen molar-refractivity contribution in [1.29, 1.82) is 0 Å². The quantitative estimate of drug-likeness (QED) is 0.272. The smallest absolute Gasteiger partial charge is 0.0322 e. The lowest BCUT2D eigenvalue weighted by Gasteiger charge is -2.17. The number of allylic oxidation sites excluding steroid dienone is 4. The van der Waals surface area contributed by atoms with Crippen molar-refractivity contribution in [3.63, 3.8) is 0 Å². The van der Waals surface area contributed by atoms with Gasteiger partial charge in [0.1, 0.15) is 0 Å². The van der Waals surface area contributed by atoms with Crippen LogP contribution < -0.4 is 0 Å². The summed E-state index contributed by atoms with van der Waals surface area (Å²) >= 11 is 0. The highest BCUT2D eigenvalue weighted by atomic mass is 14.2. The van der Waals surface area contributed by atoms with Crippen LogP contribution in [-0.4, -0.2) is 0 Å². The summed E-state index contributed by atoms with van der Waals surface area (Å²) in [4.78, 5) is 0. The van der Waals surface area contributed by atoms with Crippen LogP contribution in [0.2, 0.25) is 0 Å². The lowest BCUT2D eigenvalue weighted by molar-refractivity contribution is 0.412. The third-order valence-electron chi connectivity index (χ3n) is 5.73. The third kappa shape index (κ3) is 8.20. The van der Waals surface area contributed by atoms with Crippen LogP contribution in [0, 0.1) is 11.8 Å². The largest absolute Gasteiger partial charge is 0.0885 e. The maximum absolute atomic E-state index is 2.40. The van der Waals surface area contributed by atoms with Crippen LogP contribution in [0.3, 0.4) is 0 Å². The molecule has 0 spiro atoms. The van der Waals surface area contributed by atoms with Crippen molar-refractivity contribution in [2.45, 2.75) is 103 Å². The van der Waals surface area contributed by atoms with Gasteiger partial charge in [-0.25, -0.2) is 0 Å². The van der Waals surface area contributed by atoms with E-state index in [1.165, 1.54) is 103 Å². The van der Waals surface area contributed by atoms with E-state index in [1.54, 1.807) is 0 Å². The highest BCUT2D eigenvalue weighted by Gasteiger charge is 2.09. The van der Waals surface area contributed by atoms with Gasteiger partial charge in [-0.2, -0.15) is 0 Å². The Bertz CT molecular complexity index is 280. The standard InChI is InChI=1S/C22H38/c1(3-5-9-15-21-17-11-7-12-18-21)2-4-6-10-16-22-19-13-8-14-20-22/h7-8,11,13,21-22H,1-6,9-10,12,14-20H2. The topological polar surface area (TPSA) is 0 Å².